The van der Waals surface area contributed by atoms with Gasteiger partial charge in [0.15, 0.2) is 0 Å². The Bertz CT molecular complexity index is 569. The van der Waals surface area contributed by atoms with Crippen LogP contribution in [0.1, 0.15) is 12.5 Å². The molecule has 2 rings (SSSR count). The second kappa shape index (κ2) is 8.02. The number of anilines is 1. The molecule has 0 unspecified atom stereocenters. The van der Waals surface area contributed by atoms with E-state index in [-0.39, 0.29) is 11.9 Å². The molecular weight excluding hydrogens is 375 g/mol. The lowest BCUT2D eigenvalue weighted by Crippen LogP contribution is -2.38. The molecule has 0 aliphatic rings. The van der Waals surface area contributed by atoms with Crippen LogP contribution in [-0.4, -0.2) is 18.5 Å². The summed E-state index contributed by atoms with van der Waals surface area (Å²) in [4.78, 5) is 12.0. The molecule has 1 amide bonds. The summed E-state index contributed by atoms with van der Waals surface area (Å²) in [5.74, 6) is 0.0180. The predicted molar refractivity (Wildman–Crippen MR) is 95.4 cm³/mol. The molecule has 3 nitrogen and oxygen atoms in total. The first-order valence-electron chi connectivity index (χ1n) is 6.99. The summed E-state index contributed by atoms with van der Waals surface area (Å²) < 4.78 is 1.18. The van der Waals surface area contributed by atoms with Crippen molar-refractivity contribution in [2.45, 2.75) is 19.4 Å². The topological polar surface area (TPSA) is 41.1 Å². The van der Waals surface area contributed by atoms with E-state index in [0.717, 1.165) is 12.1 Å². The number of carbonyl (C=O) groups excluding carboxylic acids is 1. The first-order chi connectivity index (χ1) is 10.1. The Hall–Kier alpha value is -1.56. The molecule has 110 valence electrons. The van der Waals surface area contributed by atoms with Crippen molar-refractivity contribution in [3.8, 4) is 0 Å². The van der Waals surface area contributed by atoms with Gasteiger partial charge in [0.2, 0.25) is 5.91 Å². The molecule has 0 saturated carbocycles. The van der Waals surface area contributed by atoms with Gasteiger partial charge in [0, 0.05) is 15.8 Å². The van der Waals surface area contributed by atoms with E-state index in [1.165, 1.54) is 9.13 Å². The average Bonchev–Trinajstić information content (AvgIpc) is 2.50. The molecule has 2 aromatic carbocycles. The maximum Gasteiger partial charge on any atom is 0.242 e. The molecule has 0 spiro atoms. The normalized spacial score (nSPS) is 11.7. The maximum atomic E-state index is 12.0. The van der Waals surface area contributed by atoms with Crippen LogP contribution in [0.25, 0.3) is 0 Å². The van der Waals surface area contributed by atoms with Crippen molar-refractivity contribution in [2.24, 2.45) is 0 Å². The molecule has 21 heavy (non-hydrogen) atoms. The fourth-order valence-corrected chi connectivity index (χ4v) is 2.35. The highest BCUT2D eigenvalue weighted by atomic mass is 127. The van der Waals surface area contributed by atoms with E-state index >= 15 is 0 Å². The third-order valence-corrected chi connectivity index (χ3v) is 3.90. The summed E-state index contributed by atoms with van der Waals surface area (Å²) in [6, 6.07) is 17.9. The monoisotopic (exact) mass is 394 g/mol. The van der Waals surface area contributed by atoms with Gasteiger partial charge in [0.1, 0.15) is 6.04 Å². The highest BCUT2D eigenvalue weighted by Crippen LogP contribution is 2.12. The van der Waals surface area contributed by atoms with Crippen molar-refractivity contribution in [3.63, 3.8) is 0 Å². The molecule has 0 fully saturated rings. The summed E-state index contributed by atoms with van der Waals surface area (Å²) in [6.07, 6.45) is 0.850. The minimum atomic E-state index is -0.249. The van der Waals surface area contributed by atoms with Crippen LogP contribution in [0.2, 0.25) is 0 Å². The van der Waals surface area contributed by atoms with Crippen molar-refractivity contribution in [3.05, 3.63) is 63.7 Å². The van der Waals surface area contributed by atoms with Gasteiger partial charge in [-0.05, 0) is 65.8 Å². The van der Waals surface area contributed by atoms with Gasteiger partial charge >= 0.3 is 0 Å². The van der Waals surface area contributed by atoms with Crippen LogP contribution in [0.5, 0.6) is 0 Å². The van der Waals surface area contributed by atoms with E-state index < -0.39 is 0 Å². The lowest BCUT2D eigenvalue weighted by Gasteiger charge is -2.15. The van der Waals surface area contributed by atoms with Crippen LogP contribution in [0.3, 0.4) is 0 Å². The summed E-state index contributed by atoms with van der Waals surface area (Å²) in [6.45, 7) is 2.53. The van der Waals surface area contributed by atoms with Crippen molar-refractivity contribution >= 4 is 34.2 Å². The molecule has 0 aliphatic heterocycles. The zero-order valence-corrected chi connectivity index (χ0v) is 14.1. The third-order valence-electron chi connectivity index (χ3n) is 3.18. The predicted octanol–water partition coefficient (Wildman–Crippen LogP) is 3.45. The van der Waals surface area contributed by atoms with Gasteiger partial charge in [-0.1, -0.05) is 30.3 Å². The number of rotatable bonds is 6. The Kier molecular flexibility index (Phi) is 6.04. The summed E-state index contributed by atoms with van der Waals surface area (Å²) in [5, 5.41) is 6.16. The number of carbonyl (C=O) groups is 1. The first kappa shape index (κ1) is 15.8. The zero-order valence-electron chi connectivity index (χ0n) is 12.0. The molecule has 0 radical (unpaired) electrons. The van der Waals surface area contributed by atoms with Gasteiger partial charge < -0.3 is 10.6 Å². The number of benzene rings is 2. The van der Waals surface area contributed by atoms with Crippen LogP contribution in [-0.2, 0) is 11.2 Å². The maximum absolute atomic E-state index is 12.0. The number of hydrogen-bond donors (Lipinski definition) is 2. The van der Waals surface area contributed by atoms with E-state index in [1.54, 1.807) is 0 Å². The summed E-state index contributed by atoms with van der Waals surface area (Å²) in [7, 11) is 0. The molecule has 0 bridgehead atoms. The average molecular weight is 394 g/mol. The van der Waals surface area contributed by atoms with E-state index in [4.69, 9.17) is 0 Å². The van der Waals surface area contributed by atoms with Gasteiger partial charge in [-0.3, -0.25) is 4.79 Å². The molecule has 2 aromatic rings. The molecule has 2 N–H and O–H groups in total. The van der Waals surface area contributed by atoms with Gasteiger partial charge in [-0.25, -0.2) is 0 Å². The minimum Gasteiger partial charge on any atom is -0.374 e. The Morgan fingerprint density at radius 2 is 1.76 bits per heavy atom. The Morgan fingerprint density at radius 3 is 2.43 bits per heavy atom. The largest absolute Gasteiger partial charge is 0.374 e. The molecule has 0 heterocycles. The Labute approximate surface area is 139 Å². The van der Waals surface area contributed by atoms with Crippen molar-refractivity contribution in [1.82, 2.24) is 5.32 Å². The molecule has 1 atom stereocenters. The zero-order chi connectivity index (χ0) is 15.1. The lowest BCUT2D eigenvalue weighted by molar-refractivity contribution is -0.121. The lowest BCUT2D eigenvalue weighted by atomic mass is 10.1. The van der Waals surface area contributed by atoms with Crippen molar-refractivity contribution in [1.29, 1.82) is 0 Å². The molecular formula is C17H19IN2O. The quantitative estimate of drug-likeness (QED) is 0.737. The molecule has 0 aromatic heterocycles. The number of nitrogens with one attached hydrogen (secondary N) is 2. The minimum absolute atomic E-state index is 0.0180. The van der Waals surface area contributed by atoms with E-state index in [0.29, 0.717) is 6.54 Å². The van der Waals surface area contributed by atoms with Crippen LogP contribution in [0.15, 0.2) is 54.6 Å². The molecule has 4 heteroatoms. The second-order valence-electron chi connectivity index (χ2n) is 4.90. The third kappa shape index (κ3) is 5.38. The highest BCUT2D eigenvalue weighted by Gasteiger charge is 2.11. The van der Waals surface area contributed by atoms with Crippen molar-refractivity contribution in [2.75, 3.05) is 11.9 Å². The van der Waals surface area contributed by atoms with Gasteiger partial charge in [-0.15, -0.1) is 0 Å². The van der Waals surface area contributed by atoms with E-state index in [2.05, 4.69) is 45.4 Å². The molecule has 0 aliphatic carbocycles. The Balaban J connectivity index is 1.76. The van der Waals surface area contributed by atoms with Crippen LogP contribution < -0.4 is 10.6 Å². The Morgan fingerprint density at radius 1 is 1.10 bits per heavy atom. The van der Waals surface area contributed by atoms with Crippen LogP contribution in [0.4, 0.5) is 5.69 Å². The van der Waals surface area contributed by atoms with Gasteiger partial charge in [0.25, 0.3) is 0 Å². The smallest absolute Gasteiger partial charge is 0.242 e. The second-order valence-corrected chi connectivity index (χ2v) is 6.15. The van der Waals surface area contributed by atoms with Crippen LogP contribution in [0, 0.1) is 3.57 Å². The highest BCUT2D eigenvalue weighted by molar-refractivity contribution is 14.1. The summed E-state index contributed by atoms with van der Waals surface area (Å²) in [5.41, 5.74) is 2.19. The van der Waals surface area contributed by atoms with Crippen LogP contribution >= 0.6 is 22.6 Å². The summed E-state index contributed by atoms with van der Waals surface area (Å²) >= 11 is 2.26. The number of amides is 1. The number of halogens is 1. The standard InChI is InChI=1S/C17H19IN2O/c1-13(20-16-9-7-15(18)8-10-16)17(21)19-12-11-14-5-3-2-4-6-14/h2-10,13,20H,11-12H2,1H3,(H,19,21)/t13-/m0/s1. The fourth-order valence-electron chi connectivity index (χ4n) is 1.99. The van der Waals surface area contributed by atoms with Gasteiger partial charge in [0.05, 0.1) is 0 Å². The SMILES string of the molecule is C[C@H](Nc1ccc(I)cc1)C(=O)NCCc1ccccc1. The van der Waals surface area contributed by atoms with Crippen molar-refractivity contribution < 1.29 is 4.79 Å². The fraction of sp³-hybridized carbons (Fsp3) is 0.235. The first-order valence-corrected chi connectivity index (χ1v) is 8.07. The van der Waals surface area contributed by atoms with E-state index in [1.807, 2.05) is 49.4 Å². The number of hydrogen-bond acceptors (Lipinski definition) is 2. The van der Waals surface area contributed by atoms with Gasteiger partial charge in [-0.2, -0.15) is 0 Å². The van der Waals surface area contributed by atoms with E-state index in [9.17, 15) is 4.79 Å². The molecule has 0 saturated heterocycles.